The van der Waals surface area contributed by atoms with Crippen molar-refractivity contribution in [1.82, 2.24) is 10.5 Å². The molecule has 0 spiro atoms. The highest BCUT2D eigenvalue weighted by Gasteiger charge is 2.12. The molecule has 0 unspecified atom stereocenters. The molecule has 0 atom stereocenters. The van der Waals surface area contributed by atoms with Crippen molar-refractivity contribution in [3.63, 3.8) is 0 Å². The minimum Gasteiger partial charge on any atom is -0.272 e. The largest absolute Gasteiger partial charge is 0.277 e. The quantitative estimate of drug-likeness (QED) is 0.368. The number of hydrogen-bond donors (Lipinski definition) is 1. The number of hydrogen-bond acceptors (Lipinski definition) is 4. The number of hydroxylamine groups is 1. The lowest BCUT2D eigenvalue weighted by Crippen LogP contribution is -2.25. The molecule has 4 nitrogen and oxygen atoms in total. The van der Waals surface area contributed by atoms with Crippen LogP contribution in [0.1, 0.15) is 15.9 Å². The van der Waals surface area contributed by atoms with Gasteiger partial charge in [0.05, 0.1) is 12.2 Å². The van der Waals surface area contributed by atoms with E-state index < -0.39 is 0 Å². The molecule has 0 radical (unpaired) electrons. The second-order valence-corrected chi connectivity index (χ2v) is 5.44. The normalized spacial score (nSPS) is 10.3. The zero-order valence-electron chi connectivity index (χ0n) is 11.3. The van der Waals surface area contributed by atoms with Gasteiger partial charge in [0, 0.05) is 17.8 Å². The Morgan fingerprint density at radius 2 is 2.05 bits per heavy atom. The van der Waals surface area contributed by atoms with E-state index in [9.17, 15) is 4.79 Å². The van der Waals surface area contributed by atoms with Gasteiger partial charge in [0.25, 0.3) is 5.91 Å². The van der Waals surface area contributed by atoms with E-state index in [4.69, 9.17) is 16.4 Å². The van der Waals surface area contributed by atoms with Gasteiger partial charge in [0.15, 0.2) is 0 Å². The molecule has 0 aliphatic heterocycles. The predicted octanol–water partition coefficient (Wildman–Crippen LogP) is 3.27. The second kappa shape index (κ2) is 8.67. The van der Waals surface area contributed by atoms with Crippen LogP contribution in [0.2, 0.25) is 0 Å². The van der Waals surface area contributed by atoms with E-state index in [0.717, 1.165) is 5.75 Å². The smallest absolute Gasteiger partial charge is 0.272 e. The monoisotopic (exact) mass is 322 g/mol. The second-order valence-electron chi connectivity index (χ2n) is 4.10. The van der Waals surface area contributed by atoms with Gasteiger partial charge < -0.3 is 0 Å². The standard InChI is InChI=1S/C15H15ClN2O2S/c16-8-10-20-18-14(19)13-7-4-9-17-15(13)21-11-12-5-2-1-3-6-12/h1-7,9H,8,10-11H2,(H,18,19). The van der Waals surface area contributed by atoms with Gasteiger partial charge in [-0.1, -0.05) is 30.3 Å². The van der Waals surface area contributed by atoms with E-state index in [-0.39, 0.29) is 12.5 Å². The van der Waals surface area contributed by atoms with Crippen molar-refractivity contribution in [3.05, 3.63) is 59.8 Å². The number of nitrogens with zero attached hydrogens (tertiary/aromatic N) is 1. The summed E-state index contributed by atoms with van der Waals surface area (Å²) in [7, 11) is 0. The Balaban J connectivity index is 2.01. The number of alkyl halides is 1. The van der Waals surface area contributed by atoms with Gasteiger partial charge in [-0.25, -0.2) is 10.5 Å². The van der Waals surface area contributed by atoms with Crippen molar-refractivity contribution in [2.45, 2.75) is 10.8 Å². The van der Waals surface area contributed by atoms with Crippen molar-refractivity contribution >= 4 is 29.3 Å². The lowest BCUT2D eigenvalue weighted by molar-refractivity contribution is 0.0368. The van der Waals surface area contributed by atoms with Crippen molar-refractivity contribution in [3.8, 4) is 0 Å². The summed E-state index contributed by atoms with van der Waals surface area (Å²) in [4.78, 5) is 21.2. The molecule has 0 aliphatic carbocycles. The SMILES string of the molecule is O=C(NOCCCl)c1cccnc1SCc1ccccc1. The minimum atomic E-state index is -0.316. The molecule has 1 amide bonds. The highest BCUT2D eigenvalue weighted by molar-refractivity contribution is 7.98. The maximum atomic E-state index is 12.0. The summed E-state index contributed by atoms with van der Waals surface area (Å²) >= 11 is 7.00. The van der Waals surface area contributed by atoms with Crippen molar-refractivity contribution in [1.29, 1.82) is 0 Å². The molecule has 6 heteroatoms. The molecule has 0 fully saturated rings. The summed E-state index contributed by atoms with van der Waals surface area (Å²) in [6.07, 6.45) is 1.67. The van der Waals surface area contributed by atoms with Crippen molar-refractivity contribution in [2.24, 2.45) is 0 Å². The molecule has 2 aromatic rings. The van der Waals surface area contributed by atoms with Gasteiger partial charge in [-0.2, -0.15) is 0 Å². The zero-order valence-corrected chi connectivity index (χ0v) is 12.9. The molecule has 0 aliphatic rings. The van der Waals surface area contributed by atoms with Crippen LogP contribution < -0.4 is 5.48 Å². The van der Waals surface area contributed by atoms with E-state index in [1.807, 2.05) is 30.3 Å². The van der Waals surface area contributed by atoms with Gasteiger partial charge in [0.1, 0.15) is 5.03 Å². The van der Waals surface area contributed by atoms with E-state index in [2.05, 4.69) is 10.5 Å². The van der Waals surface area contributed by atoms with Crippen molar-refractivity contribution in [2.75, 3.05) is 12.5 Å². The van der Waals surface area contributed by atoms with E-state index in [0.29, 0.717) is 16.5 Å². The lowest BCUT2D eigenvalue weighted by atomic mass is 10.2. The Morgan fingerprint density at radius 1 is 1.24 bits per heavy atom. The molecule has 1 heterocycles. The maximum Gasteiger partial charge on any atom is 0.277 e. The van der Waals surface area contributed by atoms with Gasteiger partial charge in [0.2, 0.25) is 0 Å². The number of pyridine rings is 1. The first-order valence-corrected chi connectivity index (χ1v) is 7.93. The third kappa shape index (κ3) is 5.04. The summed E-state index contributed by atoms with van der Waals surface area (Å²) < 4.78 is 0. The summed E-state index contributed by atoms with van der Waals surface area (Å²) in [6.45, 7) is 0.264. The summed E-state index contributed by atoms with van der Waals surface area (Å²) in [5.41, 5.74) is 4.03. The van der Waals surface area contributed by atoms with E-state index in [1.54, 1.807) is 18.3 Å². The van der Waals surface area contributed by atoms with Crippen LogP contribution in [0.3, 0.4) is 0 Å². The molecule has 110 valence electrons. The number of rotatable bonds is 7. The van der Waals surface area contributed by atoms with E-state index >= 15 is 0 Å². The predicted molar refractivity (Wildman–Crippen MR) is 84.4 cm³/mol. The third-order valence-corrected chi connectivity index (χ3v) is 3.81. The Morgan fingerprint density at radius 3 is 2.81 bits per heavy atom. The minimum absolute atomic E-state index is 0.264. The maximum absolute atomic E-state index is 12.0. The Labute approximate surface area is 132 Å². The molecular formula is C15H15ClN2O2S. The van der Waals surface area contributed by atoms with Crippen LogP contribution in [0.25, 0.3) is 0 Å². The molecule has 1 aromatic heterocycles. The topological polar surface area (TPSA) is 51.2 Å². The fraction of sp³-hybridized carbons (Fsp3) is 0.200. The number of nitrogens with one attached hydrogen (secondary N) is 1. The summed E-state index contributed by atoms with van der Waals surface area (Å²) in [5, 5.41) is 0.674. The van der Waals surface area contributed by atoms with Crippen LogP contribution >= 0.6 is 23.4 Å². The zero-order chi connectivity index (χ0) is 14.9. The van der Waals surface area contributed by atoms with Crippen LogP contribution in [0.4, 0.5) is 0 Å². The van der Waals surface area contributed by atoms with Gasteiger partial charge >= 0.3 is 0 Å². The van der Waals surface area contributed by atoms with E-state index in [1.165, 1.54) is 17.3 Å². The number of thioether (sulfide) groups is 1. The average molecular weight is 323 g/mol. The van der Waals surface area contributed by atoms with Crippen LogP contribution in [0.5, 0.6) is 0 Å². The number of amides is 1. The molecule has 0 bridgehead atoms. The fourth-order valence-electron chi connectivity index (χ4n) is 1.61. The molecule has 0 saturated heterocycles. The number of benzene rings is 1. The summed E-state index contributed by atoms with van der Waals surface area (Å²) in [6, 6.07) is 13.5. The van der Waals surface area contributed by atoms with Crippen LogP contribution in [0, 0.1) is 0 Å². The molecular weight excluding hydrogens is 308 g/mol. The first-order chi connectivity index (χ1) is 10.3. The third-order valence-electron chi connectivity index (χ3n) is 2.58. The first kappa shape index (κ1) is 15.8. The molecule has 0 saturated carbocycles. The number of aromatic nitrogens is 1. The fourth-order valence-corrected chi connectivity index (χ4v) is 2.64. The van der Waals surface area contributed by atoms with Crippen molar-refractivity contribution < 1.29 is 9.63 Å². The number of carbonyl (C=O) groups is 1. The molecule has 1 aromatic carbocycles. The van der Waals surface area contributed by atoms with Crippen LogP contribution in [-0.2, 0) is 10.6 Å². The van der Waals surface area contributed by atoms with Crippen LogP contribution in [-0.4, -0.2) is 23.4 Å². The van der Waals surface area contributed by atoms with Crippen LogP contribution in [0.15, 0.2) is 53.7 Å². The Bertz CT molecular complexity index is 581. The highest BCUT2D eigenvalue weighted by Crippen LogP contribution is 2.24. The molecule has 2 rings (SSSR count). The first-order valence-electron chi connectivity index (χ1n) is 6.41. The van der Waals surface area contributed by atoms with Gasteiger partial charge in [-0.05, 0) is 17.7 Å². The molecule has 1 N–H and O–H groups in total. The Hall–Kier alpha value is -1.56. The summed E-state index contributed by atoms with van der Waals surface area (Å²) in [5.74, 6) is 0.757. The Kier molecular flexibility index (Phi) is 6.53. The highest BCUT2D eigenvalue weighted by atomic mass is 35.5. The number of carbonyl (C=O) groups excluding carboxylic acids is 1. The number of halogens is 1. The van der Waals surface area contributed by atoms with Gasteiger partial charge in [-0.3, -0.25) is 9.63 Å². The van der Waals surface area contributed by atoms with Gasteiger partial charge in [-0.15, -0.1) is 23.4 Å². The molecule has 21 heavy (non-hydrogen) atoms. The lowest BCUT2D eigenvalue weighted by Gasteiger charge is -2.08. The average Bonchev–Trinajstić information content (AvgIpc) is 2.54.